The van der Waals surface area contributed by atoms with Crippen LogP contribution < -0.4 is 16.0 Å². The number of halogens is 1. The Morgan fingerprint density at radius 1 is 1.17 bits per heavy atom. The van der Waals surface area contributed by atoms with Crippen molar-refractivity contribution in [1.82, 2.24) is 24.6 Å². The van der Waals surface area contributed by atoms with Crippen molar-refractivity contribution in [2.45, 2.75) is 12.1 Å². The molecule has 1 saturated heterocycles. The number of nitrogens with one attached hydrogen (secondary N) is 1. The van der Waals surface area contributed by atoms with E-state index in [1.165, 1.54) is 18.3 Å². The summed E-state index contributed by atoms with van der Waals surface area (Å²) in [5.74, 6) is 0.658. The van der Waals surface area contributed by atoms with E-state index in [4.69, 9.17) is 20.6 Å². The lowest BCUT2D eigenvalue weighted by atomic mass is 9.88. The molecular weight excluding hydrogens is 449 g/mol. The lowest BCUT2D eigenvalue weighted by molar-refractivity contribution is 0.122. The van der Waals surface area contributed by atoms with E-state index < -0.39 is 11.5 Å². The molecule has 3 N–H and O–H groups in total. The fourth-order valence-corrected chi connectivity index (χ4v) is 4.62. The number of rotatable bonds is 4. The second-order valence-electron chi connectivity index (χ2n) is 8.58. The van der Waals surface area contributed by atoms with Gasteiger partial charge in [-0.05, 0) is 29.8 Å². The van der Waals surface area contributed by atoms with Crippen molar-refractivity contribution in [3.05, 3.63) is 65.5 Å². The standard InChI is InChI=1S/C24H24FN9O/c1-27-22-18-13-30-24(26,21-19(25)3-2-6-28-21)11-16(18)17(12-29-22)23-31-20-5-4-15(14-34(20)32-23)33-7-9-35-10-8-33/h2-6,12-14H,7-11,26H2,1H3,(H,27,29). The number of morpholine rings is 1. The average molecular weight is 474 g/mol. The van der Waals surface area contributed by atoms with Gasteiger partial charge < -0.3 is 20.7 Å². The normalized spacial score (nSPS) is 19.7. The van der Waals surface area contributed by atoms with Crippen LogP contribution in [0, 0.1) is 5.82 Å². The Morgan fingerprint density at radius 3 is 2.83 bits per heavy atom. The zero-order valence-corrected chi connectivity index (χ0v) is 19.1. The molecule has 178 valence electrons. The number of ether oxygens (including phenoxy) is 1. The molecule has 0 aliphatic carbocycles. The predicted octanol–water partition coefficient (Wildman–Crippen LogP) is 1.99. The number of pyridine rings is 3. The van der Waals surface area contributed by atoms with E-state index in [1.54, 1.807) is 24.0 Å². The first kappa shape index (κ1) is 21.6. The Morgan fingerprint density at radius 2 is 2.03 bits per heavy atom. The van der Waals surface area contributed by atoms with Gasteiger partial charge in [-0.2, -0.15) is 0 Å². The van der Waals surface area contributed by atoms with Crippen LogP contribution in [0.3, 0.4) is 0 Å². The van der Waals surface area contributed by atoms with Gasteiger partial charge in [0.1, 0.15) is 17.3 Å². The van der Waals surface area contributed by atoms with E-state index in [2.05, 4.69) is 25.2 Å². The van der Waals surface area contributed by atoms with E-state index in [9.17, 15) is 4.39 Å². The minimum absolute atomic E-state index is 0.0915. The number of hydrogen-bond donors (Lipinski definition) is 2. The van der Waals surface area contributed by atoms with Gasteiger partial charge in [-0.1, -0.05) is 0 Å². The van der Waals surface area contributed by atoms with Crippen LogP contribution in [0.5, 0.6) is 0 Å². The monoisotopic (exact) mass is 473 g/mol. The lowest BCUT2D eigenvalue weighted by Gasteiger charge is -2.30. The summed E-state index contributed by atoms with van der Waals surface area (Å²) in [7, 11) is 1.79. The molecule has 6 rings (SSSR count). The highest BCUT2D eigenvalue weighted by Gasteiger charge is 2.37. The summed E-state index contributed by atoms with van der Waals surface area (Å²) in [6.07, 6.45) is 7.05. The maximum absolute atomic E-state index is 14.6. The second-order valence-corrected chi connectivity index (χ2v) is 8.58. The van der Waals surface area contributed by atoms with Crippen LogP contribution in [-0.2, 0) is 16.8 Å². The molecule has 10 nitrogen and oxygen atoms in total. The van der Waals surface area contributed by atoms with E-state index >= 15 is 0 Å². The molecule has 0 bridgehead atoms. The Labute approximate surface area is 200 Å². The van der Waals surface area contributed by atoms with E-state index in [0.717, 1.165) is 29.9 Å². The van der Waals surface area contributed by atoms with Crippen molar-refractivity contribution in [2.24, 2.45) is 10.7 Å². The summed E-state index contributed by atoms with van der Waals surface area (Å²) >= 11 is 0. The molecule has 4 aromatic rings. The zero-order valence-electron chi connectivity index (χ0n) is 19.1. The summed E-state index contributed by atoms with van der Waals surface area (Å²) < 4.78 is 21.8. The molecular formula is C24H24FN9O. The number of anilines is 2. The van der Waals surface area contributed by atoms with Crippen LogP contribution in [0.4, 0.5) is 15.9 Å². The van der Waals surface area contributed by atoms with Crippen LogP contribution in [0.2, 0.25) is 0 Å². The fourth-order valence-electron chi connectivity index (χ4n) is 4.62. The van der Waals surface area contributed by atoms with E-state index in [1.807, 2.05) is 18.3 Å². The largest absolute Gasteiger partial charge is 0.378 e. The van der Waals surface area contributed by atoms with Crippen molar-refractivity contribution in [2.75, 3.05) is 43.6 Å². The highest BCUT2D eigenvalue weighted by Crippen LogP contribution is 2.36. The molecule has 1 fully saturated rings. The first-order valence-electron chi connectivity index (χ1n) is 11.4. The molecule has 0 radical (unpaired) electrons. The van der Waals surface area contributed by atoms with Crippen LogP contribution in [0.25, 0.3) is 17.0 Å². The molecule has 0 amide bonds. The maximum Gasteiger partial charge on any atom is 0.184 e. The summed E-state index contributed by atoms with van der Waals surface area (Å²) in [5, 5.41) is 7.84. The second kappa shape index (κ2) is 8.36. The third kappa shape index (κ3) is 3.69. The molecule has 2 aliphatic rings. The highest BCUT2D eigenvalue weighted by molar-refractivity contribution is 5.92. The minimum atomic E-state index is -1.36. The zero-order chi connectivity index (χ0) is 24.0. The Bertz CT molecular complexity index is 1450. The van der Waals surface area contributed by atoms with Gasteiger partial charge in [-0.15, -0.1) is 5.10 Å². The SMILES string of the molecule is CNc1ncc(-c2nc3ccc(N4CCOCC4)cn3n2)c2c1C=NC(N)(c1ncccc1F)C2. The first-order valence-corrected chi connectivity index (χ1v) is 11.4. The molecule has 4 aromatic heterocycles. The predicted molar refractivity (Wildman–Crippen MR) is 130 cm³/mol. The Balaban J connectivity index is 1.44. The van der Waals surface area contributed by atoms with Gasteiger partial charge in [0, 0.05) is 56.3 Å². The van der Waals surface area contributed by atoms with Gasteiger partial charge in [0.2, 0.25) is 0 Å². The molecule has 1 unspecified atom stereocenters. The van der Waals surface area contributed by atoms with Crippen molar-refractivity contribution in [3.63, 3.8) is 0 Å². The van der Waals surface area contributed by atoms with Crippen LogP contribution in [-0.4, -0.2) is 64.1 Å². The molecule has 0 saturated carbocycles. The number of nitrogens with zero attached hydrogens (tertiary/aromatic N) is 7. The molecule has 6 heterocycles. The molecule has 11 heteroatoms. The number of aliphatic imine (C=N–C) groups is 1. The molecule has 0 aromatic carbocycles. The summed E-state index contributed by atoms with van der Waals surface area (Å²) in [4.78, 5) is 20.2. The van der Waals surface area contributed by atoms with Crippen LogP contribution in [0.15, 0.2) is 47.8 Å². The first-order chi connectivity index (χ1) is 17.1. The van der Waals surface area contributed by atoms with Crippen molar-refractivity contribution in [3.8, 4) is 11.4 Å². The Hall–Kier alpha value is -3.96. The third-order valence-electron chi connectivity index (χ3n) is 6.44. The fraction of sp³-hybridized carbons (Fsp3) is 0.292. The van der Waals surface area contributed by atoms with E-state index in [0.29, 0.717) is 36.1 Å². The van der Waals surface area contributed by atoms with Gasteiger partial charge in [0.25, 0.3) is 0 Å². The average Bonchev–Trinajstić information content (AvgIpc) is 3.32. The van der Waals surface area contributed by atoms with Gasteiger partial charge in [0.05, 0.1) is 25.1 Å². The summed E-state index contributed by atoms with van der Waals surface area (Å²) in [6, 6.07) is 6.85. The number of fused-ring (bicyclic) bond motifs is 2. The quantitative estimate of drug-likeness (QED) is 0.462. The number of aromatic nitrogens is 5. The van der Waals surface area contributed by atoms with Crippen molar-refractivity contribution < 1.29 is 9.13 Å². The number of hydrogen-bond acceptors (Lipinski definition) is 9. The van der Waals surface area contributed by atoms with Crippen molar-refractivity contribution in [1.29, 1.82) is 0 Å². The molecule has 2 aliphatic heterocycles. The van der Waals surface area contributed by atoms with Crippen molar-refractivity contribution >= 4 is 23.4 Å². The third-order valence-corrected chi connectivity index (χ3v) is 6.44. The smallest absolute Gasteiger partial charge is 0.184 e. The highest BCUT2D eigenvalue weighted by atomic mass is 19.1. The maximum atomic E-state index is 14.6. The Kier molecular flexibility index (Phi) is 5.15. The van der Waals surface area contributed by atoms with Gasteiger partial charge in [0.15, 0.2) is 17.1 Å². The number of nitrogens with two attached hydrogens (primary N) is 1. The summed E-state index contributed by atoms with van der Waals surface area (Å²) in [5.41, 5.74) is 9.43. The lowest BCUT2D eigenvalue weighted by Crippen LogP contribution is -2.41. The molecule has 1 atom stereocenters. The summed E-state index contributed by atoms with van der Waals surface area (Å²) in [6.45, 7) is 3.07. The van der Waals surface area contributed by atoms with Crippen LogP contribution >= 0.6 is 0 Å². The topological polar surface area (TPSA) is 119 Å². The van der Waals surface area contributed by atoms with Gasteiger partial charge in [-0.25, -0.2) is 18.9 Å². The molecule has 0 spiro atoms. The van der Waals surface area contributed by atoms with Gasteiger partial charge >= 0.3 is 0 Å². The van der Waals surface area contributed by atoms with Gasteiger partial charge in [-0.3, -0.25) is 9.98 Å². The minimum Gasteiger partial charge on any atom is -0.378 e. The molecule has 35 heavy (non-hydrogen) atoms. The van der Waals surface area contributed by atoms with E-state index in [-0.39, 0.29) is 12.1 Å². The van der Waals surface area contributed by atoms with Crippen LogP contribution in [0.1, 0.15) is 16.8 Å².